The second kappa shape index (κ2) is 6.06. The molecular weight excluding hydrogens is 268 g/mol. The van der Waals surface area contributed by atoms with Crippen LogP contribution in [0.15, 0.2) is 48.5 Å². The third-order valence-corrected chi connectivity index (χ3v) is 3.45. The van der Waals surface area contributed by atoms with Crippen LogP contribution in [0.5, 0.6) is 17.2 Å². The fourth-order valence-electron chi connectivity index (χ4n) is 2.25. The van der Waals surface area contributed by atoms with Gasteiger partial charge < -0.3 is 18.9 Å². The molecule has 4 heteroatoms. The van der Waals surface area contributed by atoms with Crippen molar-refractivity contribution in [2.75, 3.05) is 20.8 Å². The third kappa shape index (κ3) is 3.28. The summed E-state index contributed by atoms with van der Waals surface area (Å²) in [6, 6.07) is 15.7. The van der Waals surface area contributed by atoms with Gasteiger partial charge in [-0.3, -0.25) is 0 Å². The molecule has 0 saturated carbocycles. The summed E-state index contributed by atoms with van der Waals surface area (Å²) in [5, 5.41) is 0. The maximum atomic E-state index is 5.78. The predicted molar refractivity (Wildman–Crippen MR) is 79.1 cm³/mol. The summed E-state index contributed by atoms with van der Waals surface area (Å²) in [5.74, 6) is 2.13. The Morgan fingerprint density at radius 2 is 1.52 bits per heavy atom. The van der Waals surface area contributed by atoms with Gasteiger partial charge in [-0.15, -0.1) is 0 Å². The van der Waals surface area contributed by atoms with Gasteiger partial charge in [-0.1, -0.05) is 30.3 Å². The molecule has 2 aromatic carbocycles. The van der Waals surface area contributed by atoms with Crippen molar-refractivity contribution in [1.29, 1.82) is 0 Å². The van der Waals surface area contributed by atoms with Crippen LogP contribution in [0, 0.1) is 0 Å². The molecule has 2 unspecified atom stereocenters. The van der Waals surface area contributed by atoms with Crippen molar-refractivity contribution in [2.45, 2.75) is 12.2 Å². The molecule has 1 fully saturated rings. The van der Waals surface area contributed by atoms with E-state index in [1.54, 1.807) is 14.2 Å². The number of ether oxygens (including phenoxy) is 4. The Labute approximate surface area is 124 Å². The van der Waals surface area contributed by atoms with Crippen LogP contribution in [-0.2, 0) is 4.74 Å². The molecule has 0 radical (unpaired) electrons. The van der Waals surface area contributed by atoms with Crippen molar-refractivity contribution in [2.24, 2.45) is 0 Å². The Bertz CT molecular complexity index is 575. The molecule has 0 aromatic heterocycles. The molecule has 2 atom stereocenters. The maximum Gasteiger partial charge on any atom is 0.126 e. The fraction of sp³-hybridized carbons (Fsp3) is 0.294. The van der Waals surface area contributed by atoms with Crippen LogP contribution in [0.25, 0.3) is 0 Å². The summed E-state index contributed by atoms with van der Waals surface area (Å²) in [6.45, 7) is 0.510. The van der Waals surface area contributed by atoms with Gasteiger partial charge in [0.05, 0.1) is 14.2 Å². The van der Waals surface area contributed by atoms with E-state index >= 15 is 0 Å². The van der Waals surface area contributed by atoms with E-state index in [0.717, 1.165) is 0 Å². The first-order valence-electron chi connectivity index (χ1n) is 6.86. The van der Waals surface area contributed by atoms with Gasteiger partial charge in [0, 0.05) is 18.2 Å². The highest BCUT2D eigenvalue weighted by Gasteiger charge is 2.40. The van der Waals surface area contributed by atoms with E-state index in [4.69, 9.17) is 18.9 Å². The summed E-state index contributed by atoms with van der Waals surface area (Å²) in [6.07, 6.45) is 0.239. The number of epoxide rings is 1. The molecule has 0 N–H and O–H groups in total. The number of methoxy groups -OCH3 is 2. The monoisotopic (exact) mass is 286 g/mol. The smallest absolute Gasteiger partial charge is 0.126 e. The fourth-order valence-corrected chi connectivity index (χ4v) is 2.25. The second-order valence-electron chi connectivity index (χ2n) is 4.87. The lowest BCUT2D eigenvalue weighted by molar-refractivity contribution is 0.258. The molecule has 0 bridgehead atoms. The van der Waals surface area contributed by atoms with E-state index in [1.165, 1.54) is 5.56 Å². The minimum Gasteiger partial charge on any atom is -0.496 e. The number of rotatable bonds is 6. The molecule has 3 rings (SSSR count). The SMILES string of the molecule is COc1cc(OC)cc(OCC2OC2c2ccccc2)c1. The minimum absolute atomic E-state index is 0.101. The summed E-state index contributed by atoms with van der Waals surface area (Å²) < 4.78 is 21.9. The molecule has 110 valence electrons. The first kappa shape index (κ1) is 13.8. The lowest BCUT2D eigenvalue weighted by Crippen LogP contribution is -2.05. The summed E-state index contributed by atoms with van der Waals surface area (Å²) >= 11 is 0. The number of benzene rings is 2. The van der Waals surface area contributed by atoms with Crippen LogP contribution in [0.1, 0.15) is 11.7 Å². The molecule has 1 aliphatic rings. The highest BCUT2D eigenvalue weighted by Crippen LogP contribution is 2.39. The van der Waals surface area contributed by atoms with Crippen LogP contribution < -0.4 is 14.2 Å². The van der Waals surface area contributed by atoms with Crippen LogP contribution >= 0.6 is 0 Å². The Morgan fingerprint density at radius 3 is 2.14 bits per heavy atom. The molecular formula is C17H18O4. The van der Waals surface area contributed by atoms with Gasteiger partial charge in [-0.2, -0.15) is 0 Å². The Balaban J connectivity index is 1.59. The lowest BCUT2D eigenvalue weighted by atomic mass is 10.1. The van der Waals surface area contributed by atoms with Crippen molar-refractivity contribution in [3.63, 3.8) is 0 Å². The maximum absolute atomic E-state index is 5.78. The van der Waals surface area contributed by atoms with E-state index in [1.807, 2.05) is 36.4 Å². The van der Waals surface area contributed by atoms with E-state index in [-0.39, 0.29) is 12.2 Å². The highest BCUT2D eigenvalue weighted by molar-refractivity contribution is 5.42. The largest absolute Gasteiger partial charge is 0.496 e. The lowest BCUT2D eigenvalue weighted by Gasteiger charge is -2.09. The van der Waals surface area contributed by atoms with Crippen molar-refractivity contribution in [3.8, 4) is 17.2 Å². The molecule has 0 amide bonds. The second-order valence-corrected chi connectivity index (χ2v) is 4.87. The van der Waals surface area contributed by atoms with Crippen LogP contribution in [0.3, 0.4) is 0 Å². The molecule has 1 saturated heterocycles. The quantitative estimate of drug-likeness (QED) is 0.764. The zero-order chi connectivity index (χ0) is 14.7. The van der Waals surface area contributed by atoms with Crippen molar-refractivity contribution in [1.82, 2.24) is 0 Å². The molecule has 2 aromatic rings. The summed E-state index contributed by atoms with van der Waals surface area (Å²) in [5.41, 5.74) is 1.19. The van der Waals surface area contributed by atoms with E-state index in [0.29, 0.717) is 23.9 Å². The van der Waals surface area contributed by atoms with E-state index < -0.39 is 0 Å². The van der Waals surface area contributed by atoms with Gasteiger partial charge in [0.2, 0.25) is 0 Å². The van der Waals surface area contributed by atoms with E-state index in [9.17, 15) is 0 Å². The molecule has 0 spiro atoms. The van der Waals surface area contributed by atoms with Crippen LogP contribution in [0.2, 0.25) is 0 Å². The van der Waals surface area contributed by atoms with Gasteiger partial charge in [-0.25, -0.2) is 0 Å². The first-order chi connectivity index (χ1) is 10.3. The van der Waals surface area contributed by atoms with Crippen molar-refractivity contribution < 1.29 is 18.9 Å². The topological polar surface area (TPSA) is 40.2 Å². The number of hydrogen-bond acceptors (Lipinski definition) is 4. The number of hydrogen-bond donors (Lipinski definition) is 0. The molecule has 4 nitrogen and oxygen atoms in total. The zero-order valence-corrected chi connectivity index (χ0v) is 12.1. The van der Waals surface area contributed by atoms with Crippen molar-refractivity contribution in [3.05, 3.63) is 54.1 Å². The van der Waals surface area contributed by atoms with Crippen LogP contribution in [0.4, 0.5) is 0 Å². The zero-order valence-electron chi connectivity index (χ0n) is 12.1. The predicted octanol–water partition coefficient (Wildman–Crippen LogP) is 3.22. The molecule has 21 heavy (non-hydrogen) atoms. The van der Waals surface area contributed by atoms with E-state index in [2.05, 4.69) is 12.1 Å². The Kier molecular flexibility index (Phi) is 3.97. The summed E-state index contributed by atoms with van der Waals surface area (Å²) in [4.78, 5) is 0. The molecule has 1 aliphatic heterocycles. The third-order valence-electron chi connectivity index (χ3n) is 3.45. The van der Waals surface area contributed by atoms with Gasteiger partial charge in [-0.05, 0) is 5.56 Å². The standard InChI is InChI=1S/C17H18O4/c1-18-13-8-14(19-2)10-15(9-13)20-11-16-17(21-16)12-6-4-3-5-7-12/h3-10,16-17H,11H2,1-2H3. The van der Waals surface area contributed by atoms with Gasteiger partial charge in [0.25, 0.3) is 0 Å². The average Bonchev–Trinajstić information content (AvgIpc) is 3.33. The normalized spacial score (nSPS) is 19.9. The average molecular weight is 286 g/mol. The Hall–Kier alpha value is -2.20. The van der Waals surface area contributed by atoms with Crippen LogP contribution in [-0.4, -0.2) is 26.9 Å². The molecule has 0 aliphatic carbocycles. The minimum atomic E-state index is 0.101. The van der Waals surface area contributed by atoms with Crippen molar-refractivity contribution >= 4 is 0 Å². The Morgan fingerprint density at radius 1 is 0.905 bits per heavy atom. The molecule has 1 heterocycles. The van der Waals surface area contributed by atoms with Gasteiger partial charge in [0.15, 0.2) is 0 Å². The van der Waals surface area contributed by atoms with Gasteiger partial charge in [0.1, 0.15) is 36.1 Å². The first-order valence-corrected chi connectivity index (χ1v) is 6.86. The highest BCUT2D eigenvalue weighted by atomic mass is 16.6. The van der Waals surface area contributed by atoms with Gasteiger partial charge >= 0.3 is 0 Å². The summed E-state index contributed by atoms with van der Waals surface area (Å²) in [7, 11) is 3.24.